The van der Waals surface area contributed by atoms with Crippen LogP contribution in [-0.2, 0) is 16.1 Å². The Morgan fingerprint density at radius 1 is 1.28 bits per heavy atom. The van der Waals surface area contributed by atoms with E-state index in [1.54, 1.807) is 11.1 Å². The number of imidazole rings is 1. The molecule has 0 unspecified atom stereocenters. The van der Waals surface area contributed by atoms with Crippen LogP contribution in [0.5, 0.6) is 0 Å². The number of carbonyl (C=O) groups is 2. The Morgan fingerprint density at radius 3 is 2.68 bits per heavy atom. The number of amides is 2. The lowest BCUT2D eigenvalue weighted by atomic mass is 9.72. The zero-order chi connectivity index (χ0) is 17.9. The molecule has 1 N–H and O–H groups in total. The number of likely N-dealkylation sites (tertiary alicyclic amines) is 2. The monoisotopic (exact) mass is 348 g/mol. The molecule has 1 aromatic rings. The van der Waals surface area contributed by atoms with Crippen LogP contribution in [0.1, 0.15) is 37.9 Å². The van der Waals surface area contributed by atoms with Crippen molar-refractivity contribution < 1.29 is 14.7 Å². The predicted molar refractivity (Wildman–Crippen MR) is 92.7 cm³/mol. The number of piperidine rings is 2. The van der Waals surface area contributed by atoms with Gasteiger partial charge >= 0.3 is 0 Å². The maximum Gasteiger partial charge on any atom is 0.224 e. The normalized spacial score (nSPS) is 20.3. The van der Waals surface area contributed by atoms with E-state index in [4.69, 9.17) is 5.11 Å². The van der Waals surface area contributed by atoms with Gasteiger partial charge in [0.25, 0.3) is 0 Å². The van der Waals surface area contributed by atoms with E-state index < -0.39 is 0 Å². The van der Waals surface area contributed by atoms with Gasteiger partial charge in [-0.25, -0.2) is 4.98 Å². The molecule has 0 radical (unpaired) electrons. The second kappa shape index (κ2) is 7.56. The van der Waals surface area contributed by atoms with Crippen molar-refractivity contribution >= 4 is 11.8 Å². The largest absolute Gasteiger partial charge is 0.395 e. The SMILES string of the molecule is Cc1nccn1CCC(=O)N1CCC2(CCC(=O)N(CCO)C2)CC1. The van der Waals surface area contributed by atoms with Gasteiger partial charge in [-0.1, -0.05) is 0 Å². The average molecular weight is 348 g/mol. The topological polar surface area (TPSA) is 78.7 Å². The van der Waals surface area contributed by atoms with E-state index in [1.807, 2.05) is 22.6 Å². The first kappa shape index (κ1) is 17.9. The molecule has 0 aliphatic carbocycles. The average Bonchev–Trinajstić information content (AvgIpc) is 3.02. The van der Waals surface area contributed by atoms with Crippen LogP contribution < -0.4 is 0 Å². The molecule has 7 nitrogen and oxygen atoms in total. The van der Waals surface area contributed by atoms with Crippen LogP contribution in [0.3, 0.4) is 0 Å². The molecular weight excluding hydrogens is 320 g/mol. The number of aryl methyl sites for hydroxylation is 2. The Balaban J connectivity index is 1.50. The van der Waals surface area contributed by atoms with Gasteiger partial charge in [0.15, 0.2) is 0 Å². The molecule has 2 amide bonds. The van der Waals surface area contributed by atoms with Crippen molar-refractivity contribution in [1.82, 2.24) is 19.4 Å². The van der Waals surface area contributed by atoms with Gasteiger partial charge < -0.3 is 19.5 Å². The summed E-state index contributed by atoms with van der Waals surface area (Å²) in [6.45, 7) is 5.31. The third kappa shape index (κ3) is 4.03. The lowest BCUT2D eigenvalue weighted by Gasteiger charge is -2.47. The standard InChI is InChI=1S/C18H28N4O3/c1-15-19-7-11-20(15)8-3-17(25)21-9-5-18(6-10-21)4-2-16(24)22(14-18)12-13-23/h7,11,23H,2-6,8-10,12-14H2,1H3. The molecular formula is C18H28N4O3. The second-order valence-electron chi connectivity index (χ2n) is 7.34. The molecule has 2 fully saturated rings. The van der Waals surface area contributed by atoms with Gasteiger partial charge in [0, 0.05) is 58.0 Å². The van der Waals surface area contributed by atoms with E-state index in [9.17, 15) is 9.59 Å². The van der Waals surface area contributed by atoms with Gasteiger partial charge in [-0.15, -0.1) is 0 Å². The number of carbonyl (C=O) groups excluding carboxylic acids is 2. The highest BCUT2D eigenvalue weighted by molar-refractivity contribution is 5.77. The van der Waals surface area contributed by atoms with Crippen LogP contribution in [0.2, 0.25) is 0 Å². The zero-order valence-corrected chi connectivity index (χ0v) is 15.0. The van der Waals surface area contributed by atoms with Crippen LogP contribution in [-0.4, -0.2) is 69.1 Å². The summed E-state index contributed by atoms with van der Waals surface area (Å²) in [4.78, 5) is 32.4. The highest BCUT2D eigenvalue weighted by Crippen LogP contribution is 2.40. The summed E-state index contributed by atoms with van der Waals surface area (Å²) in [5.74, 6) is 1.28. The van der Waals surface area contributed by atoms with Crippen molar-refractivity contribution in [1.29, 1.82) is 0 Å². The van der Waals surface area contributed by atoms with Gasteiger partial charge in [0.1, 0.15) is 5.82 Å². The van der Waals surface area contributed by atoms with E-state index in [0.717, 1.165) is 44.7 Å². The maximum absolute atomic E-state index is 12.5. The fourth-order valence-corrected chi connectivity index (χ4v) is 4.08. The van der Waals surface area contributed by atoms with E-state index in [1.165, 1.54) is 0 Å². The maximum atomic E-state index is 12.5. The summed E-state index contributed by atoms with van der Waals surface area (Å²) >= 11 is 0. The van der Waals surface area contributed by atoms with Gasteiger partial charge in [0.05, 0.1) is 6.61 Å². The number of rotatable bonds is 5. The predicted octanol–water partition coefficient (Wildman–Crippen LogP) is 0.805. The Hall–Kier alpha value is -1.89. The van der Waals surface area contributed by atoms with Crippen LogP contribution in [0.4, 0.5) is 0 Å². The summed E-state index contributed by atoms with van der Waals surface area (Å²) < 4.78 is 2.00. The van der Waals surface area contributed by atoms with Gasteiger partial charge in [-0.05, 0) is 31.6 Å². The molecule has 1 aromatic heterocycles. The molecule has 2 aliphatic heterocycles. The van der Waals surface area contributed by atoms with Crippen molar-refractivity contribution in [2.75, 3.05) is 32.8 Å². The summed E-state index contributed by atoms with van der Waals surface area (Å²) in [6.07, 6.45) is 7.52. The number of hydrogen-bond acceptors (Lipinski definition) is 4. The third-order valence-electron chi connectivity index (χ3n) is 5.79. The van der Waals surface area contributed by atoms with E-state index >= 15 is 0 Å². The molecule has 7 heteroatoms. The Kier molecular flexibility index (Phi) is 5.42. The van der Waals surface area contributed by atoms with Crippen molar-refractivity contribution in [3.05, 3.63) is 18.2 Å². The van der Waals surface area contributed by atoms with Crippen molar-refractivity contribution in [2.24, 2.45) is 5.41 Å². The van der Waals surface area contributed by atoms with Crippen molar-refractivity contribution in [3.63, 3.8) is 0 Å². The van der Waals surface area contributed by atoms with E-state index in [-0.39, 0.29) is 23.8 Å². The minimum absolute atomic E-state index is 0.0140. The molecule has 2 aliphatic rings. The fourth-order valence-electron chi connectivity index (χ4n) is 4.08. The molecule has 0 bridgehead atoms. The highest BCUT2D eigenvalue weighted by atomic mass is 16.3. The van der Waals surface area contributed by atoms with Gasteiger partial charge in [-0.3, -0.25) is 9.59 Å². The first-order chi connectivity index (χ1) is 12.0. The van der Waals surface area contributed by atoms with Crippen LogP contribution >= 0.6 is 0 Å². The molecule has 25 heavy (non-hydrogen) atoms. The third-order valence-corrected chi connectivity index (χ3v) is 5.79. The Bertz CT molecular complexity index is 620. The molecule has 0 atom stereocenters. The number of aliphatic hydroxyl groups is 1. The minimum atomic E-state index is 0.0140. The van der Waals surface area contributed by atoms with Gasteiger partial charge in [-0.2, -0.15) is 0 Å². The van der Waals surface area contributed by atoms with Crippen LogP contribution in [0, 0.1) is 12.3 Å². The molecule has 0 aromatic carbocycles. The Labute approximate surface area is 148 Å². The van der Waals surface area contributed by atoms with Crippen LogP contribution in [0.25, 0.3) is 0 Å². The molecule has 3 rings (SSSR count). The van der Waals surface area contributed by atoms with Crippen LogP contribution in [0.15, 0.2) is 12.4 Å². The molecule has 0 saturated carbocycles. The minimum Gasteiger partial charge on any atom is -0.395 e. The Morgan fingerprint density at radius 2 is 2.04 bits per heavy atom. The fraction of sp³-hybridized carbons (Fsp3) is 0.722. The van der Waals surface area contributed by atoms with E-state index in [2.05, 4.69) is 4.98 Å². The molecule has 1 spiro atoms. The molecule has 3 heterocycles. The lowest BCUT2D eigenvalue weighted by molar-refractivity contribution is -0.143. The summed E-state index contributed by atoms with van der Waals surface area (Å²) in [6, 6.07) is 0. The summed E-state index contributed by atoms with van der Waals surface area (Å²) in [5, 5.41) is 9.14. The number of hydrogen-bond donors (Lipinski definition) is 1. The first-order valence-electron chi connectivity index (χ1n) is 9.17. The number of aromatic nitrogens is 2. The zero-order valence-electron chi connectivity index (χ0n) is 15.0. The number of nitrogens with zero attached hydrogens (tertiary/aromatic N) is 4. The second-order valence-corrected chi connectivity index (χ2v) is 7.34. The quantitative estimate of drug-likeness (QED) is 0.854. The smallest absolute Gasteiger partial charge is 0.224 e. The summed E-state index contributed by atoms with van der Waals surface area (Å²) in [5.41, 5.74) is 0.126. The summed E-state index contributed by atoms with van der Waals surface area (Å²) in [7, 11) is 0. The number of β-amino-alcohol motifs (C(OH)–C–C–N with tert-alkyl or cyclic N) is 1. The lowest BCUT2D eigenvalue weighted by Crippen LogP contribution is -2.52. The van der Waals surface area contributed by atoms with E-state index in [0.29, 0.717) is 25.9 Å². The van der Waals surface area contributed by atoms with Crippen molar-refractivity contribution in [3.8, 4) is 0 Å². The first-order valence-corrected chi connectivity index (χ1v) is 9.17. The molecule has 2 saturated heterocycles. The molecule has 138 valence electrons. The van der Waals surface area contributed by atoms with Gasteiger partial charge in [0.2, 0.25) is 11.8 Å². The van der Waals surface area contributed by atoms with Crippen molar-refractivity contribution in [2.45, 2.75) is 45.6 Å². The highest BCUT2D eigenvalue weighted by Gasteiger charge is 2.41. The number of aliphatic hydroxyl groups excluding tert-OH is 1.